The summed E-state index contributed by atoms with van der Waals surface area (Å²) >= 11 is 0. The maximum Gasteiger partial charge on any atom is 0.385 e. The second-order valence-electron chi connectivity index (χ2n) is 3.47. The number of nitro groups is 1. The number of aryl methyl sites for hydroxylation is 1. The van der Waals surface area contributed by atoms with Crippen molar-refractivity contribution in [3.05, 3.63) is 22.1 Å². The molecule has 0 bridgehead atoms. The smallest absolute Gasteiger partial charge is 0.358 e. The Hall–Kier alpha value is -1.43. The quantitative estimate of drug-likeness (QED) is 0.574. The Labute approximate surface area is 81.9 Å². The molecule has 1 rings (SSSR count). The van der Waals surface area contributed by atoms with Crippen LogP contribution in [0.1, 0.15) is 25.5 Å². The third kappa shape index (κ3) is 1.74. The Balaban J connectivity index is 3.17. The molecule has 0 saturated carbocycles. The fraction of sp³-hybridized carbons (Fsp3) is 0.625. The monoisotopic (exact) mass is 198 g/mol. The van der Waals surface area contributed by atoms with E-state index in [1.165, 1.54) is 6.33 Å². The molecule has 0 aromatic carbocycles. The van der Waals surface area contributed by atoms with Crippen LogP contribution in [-0.4, -0.2) is 20.5 Å². The van der Waals surface area contributed by atoms with Crippen LogP contribution in [0.3, 0.4) is 0 Å². The molecular formula is C8H14N4O2. The van der Waals surface area contributed by atoms with E-state index in [-0.39, 0.29) is 17.8 Å². The Morgan fingerprint density at radius 1 is 1.64 bits per heavy atom. The molecule has 1 aromatic rings. The second-order valence-corrected chi connectivity index (χ2v) is 3.47. The van der Waals surface area contributed by atoms with Gasteiger partial charge in [-0.15, -0.1) is 0 Å². The average Bonchev–Trinajstić information content (AvgIpc) is 2.45. The van der Waals surface area contributed by atoms with Crippen LogP contribution in [0.25, 0.3) is 0 Å². The third-order valence-electron chi connectivity index (χ3n) is 2.36. The molecule has 78 valence electrons. The van der Waals surface area contributed by atoms with Crippen molar-refractivity contribution in [2.45, 2.75) is 25.8 Å². The van der Waals surface area contributed by atoms with E-state index >= 15 is 0 Å². The van der Waals surface area contributed by atoms with Crippen molar-refractivity contribution in [3.8, 4) is 0 Å². The summed E-state index contributed by atoms with van der Waals surface area (Å²) in [6.07, 6.45) is 1.44. The fourth-order valence-electron chi connectivity index (χ4n) is 1.34. The Kier molecular flexibility index (Phi) is 2.85. The molecule has 1 aromatic heterocycles. The van der Waals surface area contributed by atoms with Crippen molar-refractivity contribution in [2.24, 2.45) is 12.8 Å². The van der Waals surface area contributed by atoms with E-state index in [1.54, 1.807) is 11.6 Å². The number of hydrogen-bond acceptors (Lipinski definition) is 4. The van der Waals surface area contributed by atoms with Gasteiger partial charge in [0.2, 0.25) is 6.33 Å². The van der Waals surface area contributed by atoms with Gasteiger partial charge in [-0.1, -0.05) is 6.92 Å². The van der Waals surface area contributed by atoms with Crippen LogP contribution in [-0.2, 0) is 7.05 Å². The number of aromatic nitrogens is 2. The first-order chi connectivity index (χ1) is 6.45. The first kappa shape index (κ1) is 10.6. The maximum atomic E-state index is 10.7. The van der Waals surface area contributed by atoms with Crippen molar-refractivity contribution in [2.75, 3.05) is 0 Å². The molecule has 2 N–H and O–H groups in total. The lowest BCUT2D eigenvalue weighted by Crippen LogP contribution is -2.24. The third-order valence-corrected chi connectivity index (χ3v) is 2.36. The maximum absolute atomic E-state index is 10.7. The first-order valence-electron chi connectivity index (χ1n) is 4.36. The highest BCUT2D eigenvalue weighted by Crippen LogP contribution is 2.25. The molecule has 0 aliphatic carbocycles. The van der Waals surface area contributed by atoms with Crippen molar-refractivity contribution in [1.29, 1.82) is 0 Å². The van der Waals surface area contributed by atoms with Crippen molar-refractivity contribution in [3.63, 3.8) is 0 Å². The van der Waals surface area contributed by atoms with Gasteiger partial charge in [0.05, 0.1) is 0 Å². The molecule has 1 heterocycles. The van der Waals surface area contributed by atoms with Gasteiger partial charge < -0.3 is 20.4 Å². The van der Waals surface area contributed by atoms with Crippen molar-refractivity contribution < 1.29 is 4.92 Å². The van der Waals surface area contributed by atoms with Crippen LogP contribution in [0, 0.1) is 10.1 Å². The lowest BCUT2D eigenvalue weighted by atomic mass is 10.0. The van der Waals surface area contributed by atoms with Crippen LogP contribution >= 0.6 is 0 Å². The highest BCUT2D eigenvalue weighted by atomic mass is 16.6. The molecule has 0 radical (unpaired) electrons. The van der Waals surface area contributed by atoms with Gasteiger partial charge in [0.15, 0.2) is 0 Å². The molecule has 14 heavy (non-hydrogen) atoms. The van der Waals surface area contributed by atoms with E-state index in [4.69, 9.17) is 5.73 Å². The molecule has 2 unspecified atom stereocenters. The summed E-state index contributed by atoms with van der Waals surface area (Å²) in [5, 5.41) is 10.7. The molecule has 0 aliphatic heterocycles. The zero-order chi connectivity index (χ0) is 10.9. The van der Waals surface area contributed by atoms with Crippen LogP contribution in [0.5, 0.6) is 0 Å². The predicted molar refractivity (Wildman–Crippen MR) is 51.9 cm³/mol. The summed E-state index contributed by atoms with van der Waals surface area (Å²) in [7, 11) is 1.73. The molecule has 0 aliphatic rings. The van der Waals surface area contributed by atoms with E-state index in [1.807, 2.05) is 13.8 Å². The number of nitrogens with zero attached hydrogens (tertiary/aromatic N) is 3. The molecule has 2 atom stereocenters. The largest absolute Gasteiger partial charge is 0.385 e. The number of hydrogen-bond donors (Lipinski definition) is 1. The van der Waals surface area contributed by atoms with E-state index < -0.39 is 4.92 Å². The summed E-state index contributed by atoms with van der Waals surface area (Å²) in [4.78, 5) is 13.9. The highest BCUT2D eigenvalue weighted by Gasteiger charge is 2.26. The average molecular weight is 198 g/mol. The standard InChI is InChI=1S/C8H14N4O2/c1-5(6(2)9)7-8(12(13)14)10-4-11(7)3/h4-6H,9H2,1-3H3. The van der Waals surface area contributed by atoms with Gasteiger partial charge >= 0.3 is 5.82 Å². The minimum atomic E-state index is -0.478. The number of imidazole rings is 1. The fourth-order valence-corrected chi connectivity index (χ4v) is 1.34. The summed E-state index contributed by atoms with van der Waals surface area (Å²) in [6, 6.07) is -0.135. The molecule has 6 heteroatoms. The van der Waals surface area contributed by atoms with Gasteiger partial charge in [0.1, 0.15) is 5.69 Å². The Morgan fingerprint density at radius 2 is 2.21 bits per heavy atom. The van der Waals surface area contributed by atoms with E-state index in [0.717, 1.165) is 0 Å². The first-order valence-corrected chi connectivity index (χ1v) is 4.36. The summed E-state index contributed by atoms with van der Waals surface area (Å²) < 4.78 is 1.64. The van der Waals surface area contributed by atoms with E-state index in [2.05, 4.69) is 4.98 Å². The number of nitrogens with two attached hydrogens (primary N) is 1. The van der Waals surface area contributed by atoms with Gasteiger partial charge in [0.25, 0.3) is 0 Å². The minimum Gasteiger partial charge on any atom is -0.358 e. The molecule has 0 amide bonds. The molecule has 0 fully saturated rings. The topological polar surface area (TPSA) is 87.0 Å². The van der Waals surface area contributed by atoms with Gasteiger partial charge in [0, 0.05) is 19.0 Å². The second kappa shape index (κ2) is 3.75. The molecule has 0 saturated heterocycles. The summed E-state index contributed by atoms with van der Waals surface area (Å²) in [5.74, 6) is -0.180. The lowest BCUT2D eigenvalue weighted by Gasteiger charge is -2.14. The predicted octanol–water partition coefficient (Wildman–Crippen LogP) is 0.779. The van der Waals surface area contributed by atoms with Crippen LogP contribution in [0.15, 0.2) is 6.33 Å². The van der Waals surface area contributed by atoms with E-state index in [9.17, 15) is 10.1 Å². The van der Waals surface area contributed by atoms with Gasteiger partial charge in [-0.2, -0.15) is 0 Å². The summed E-state index contributed by atoms with van der Waals surface area (Å²) in [6.45, 7) is 3.68. The van der Waals surface area contributed by atoms with Crippen molar-refractivity contribution in [1.82, 2.24) is 9.55 Å². The zero-order valence-corrected chi connectivity index (χ0v) is 8.47. The Morgan fingerprint density at radius 3 is 2.64 bits per heavy atom. The molecule has 6 nitrogen and oxygen atoms in total. The van der Waals surface area contributed by atoms with Crippen LogP contribution in [0.4, 0.5) is 5.82 Å². The zero-order valence-electron chi connectivity index (χ0n) is 8.47. The van der Waals surface area contributed by atoms with Gasteiger partial charge in [-0.25, -0.2) is 0 Å². The SMILES string of the molecule is CC(N)C(C)c1c([N+](=O)[O-])ncn1C. The molecule has 0 spiro atoms. The van der Waals surface area contributed by atoms with Crippen molar-refractivity contribution >= 4 is 5.82 Å². The van der Waals surface area contributed by atoms with Gasteiger partial charge in [-0.05, 0) is 16.8 Å². The lowest BCUT2D eigenvalue weighted by molar-refractivity contribution is -0.390. The minimum absolute atomic E-state index is 0.0806. The van der Waals surface area contributed by atoms with Crippen LogP contribution in [0.2, 0.25) is 0 Å². The normalized spacial score (nSPS) is 15.1. The molecular weight excluding hydrogens is 184 g/mol. The summed E-state index contributed by atoms with van der Waals surface area (Å²) in [5.41, 5.74) is 6.28. The highest BCUT2D eigenvalue weighted by molar-refractivity contribution is 5.31. The van der Waals surface area contributed by atoms with E-state index in [0.29, 0.717) is 5.69 Å². The Bertz CT molecular complexity index is 345. The van der Waals surface area contributed by atoms with Crippen LogP contribution < -0.4 is 5.73 Å². The van der Waals surface area contributed by atoms with Gasteiger partial charge in [-0.3, -0.25) is 0 Å². The number of rotatable bonds is 3.